The van der Waals surface area contributed by atoms with Crippen molar-refractivity contribution in [3.8, 4) is 11.5 Å². The van der Waals surface area contributed by atoms with Gasteiger partial charge in [-0.05, 0) is 35.9 Å². The van der Waals surface area contributed by atoms with Gasteiger partial charge in [-0.1, -0.05) is 30.3 Å². The number of ether oxygens (including phenoxy) is 2. The molecule has 0 fully saturated rings. The van der Waals surface area contributed by atoms with Crippen LogP contribution in [0.2, 0.25) is 0 Å². The molecule has 0 bridgehead atoms. The molecule has 0 radical (unpaired) electrons. The van der Waals surface area contributed by atoms with Crippen LogP contribution in [-0.2, 0) is 11.4 Å². The highest BCUT2D eigenvalue weighted by atomic mass is 16.6. The second-order valence-corrected chi connectivity index (χ2v) is 7.05. The van der Waals surface area contributed by atoms with Gasteiger partial charge in [0, 0.05) is 18.2 Å². The fraction of sp³-hybridized carbons (Fsp3) is 0.125. The minimum atomic E-state index is -0.571. The minimum Gasteiger partial charge on any atom is -0.493 e. The number of nitro groups is 1. The minimum absolute atomic E-state index is 0.121. The Morgan fingerprint density at radius 2 is 1.76 bits per heavy atom. The predicted molar refractivity (Wildman–Crippen MR) is 126 cm³/mol. The van der Waals surface area contributed by atoms with Crippen LogP contribution in [-0.4, -0.2) is 30.1 Å². The van der Waals surface area contributed by atoms with Crippen LogP contribution in [0.25, 0.3) is 0 Å². The maximum Gasteiger partial charge on any atom is 0.282 e. The van der Waals surface area contributed by atoms with Gasteiger partial charge in [0.15, 0.2) is 11.5 Å². The van der Waals surface area contributed by atoms with Crippen molar-refractivity contribution < 1.29 is 24.0 Å². The summed E-state index contributed by atoms with van der Waals surface area (Å²) in [6.45, 7) is 1.59. The smallest absolute Gasteiger partial charge is 0.282 e. The van der Waals surface area contributed by atoms with E-state index in [-0.39, 0.29) is 35.3 Å². The zero-order chi connectivity index (χ0) is 24.5. The van der Waals surface area contributed by atoms with Crippen LogP contribution in [0, 0.1) is 10.1 Å². The number of carbonyl (C=O) groups excluding carboxylic acids is 2. The number of nitrogens with zero attached hydrogens (tertiary/aromatic N) is 2. The fourth-order valence-electron chi connectivity index (χ4n) is 2.97. The Morgan fingerprint density at radius 3 is 2.38 bits per heavy atom. The van der Waals surface area contributed by atoms with E-state index in [4.69, 9.17) is 9.47 Å². The van der Waals surface area contributed by atoms with E-state index in [0.29, 0.717) is 11.3 Å². The van der Waals surface area contributed by atoms with Gasteiger partial charge in [-0.15, -0.1) is 0 Å². The second-order valence-electron chi connectivity index (χ2n) is 7.05. The number of rotatable bonds is 9. The molecule has 2 amide bonds. The summed E-state index contributed by atoms with van der Waals surface area (Å²) in [5.74, 6) is -0.264. The number of nitrogens with one attached hydrogen (secondary N) is 2. The second kappa shape index (κ2) is 11.2. The van der Waals surface area contributed by atoms with Crippen LogP contribution in [0.3, 0.4) is 0 Å². The molecule has 0 saturated carbocycles. The molecule has 3 aromatic carbocycles. The summed E-state index contributed by atoms with van der Waals surface area (Å²) < 4.78 is 11.0. The van der Waals surface area contributed by atoms with E-state index >= 15 is 0 Å². The normalized spacial score (nSPS) is 10.5. The number of hydrogen-bond donors (Lipinski definition) is 2. The third kappa shape index (κ3) is 6.39. The Bertz CT molecular complexity index is 1210. The monoisotopic (exact) mass is 462 g/mol. The number of anilines is 1. The average Bonchev–Trinajstić information content (AvgIpc) is 2.83. The molecular formula is C24H22N4O6. The first kappa shape index (κ1) is 23.9. The van der Waals surface area contributed by atoms with Gasteiger partial charge in [-0.25, -0.2) is 5.43 Å². The third-order valence-corrected chi connectivity index (χ3v) is 4.58. The number of hydrogen-bond acceptors (Lipinski definition) is 7. The van der Waals surface area contributed by atoms with Crippen LogP contribution >= 0.6 is 0 Å². The van der Waals surface area contributed by atoms with E-state index in [1.165, 1.54) is 38.3 Å². The zero-order valence-corrected chi connectivity index (χ0v) is 18.5. The summed E-state index contributed by atoms with van der Waals surface area (Å²) in [5, 5.41) is 18.0. The van der Waals surface area contributed by atoms with Crippen molar-refractivity contribution in [3.63, 3.8) is 0 Å². The maximum atomic E-state index is 12.3. The lowest BCUT2D eigenvalue weighted by molar-refractivity contribution is -0.385. The van der Waals surface area contributed by atoms with Crippen LogP contribution in [0.4, 0.5) is 11.4 Å². The molecule has 0 aromatic heterocycles. The quantitative estimate of drug-likeness (QED) is 0.282. The molecule has 0 saturated heterocycles. The largest absolute Gasteiger partial charge is 0.493 e. The summed E-state index contributed by atoms with van der Waals surface area (Å²) >= 11 is 0. The molecule has 2 N–H and O–H groups in total. The Morgan fingerprint density at radius 1 is 1.06 bits per heavy atom. The molecule has 0 aliphatic heterocycles. The lowest BCUT2D eigenvalue weighted by atomic mass is 10.1. The van der Waals surface area contributed by atoms with Gasteiger partial charge in [0.05, 0.1) is 29.9 Å². The van der Waals surface area contributed by atoms with Crippen LogP contribution in [0.1, 0.15) is 28.4 Å². The molecule has 3 aromatic rings. The van der Waals surface area contributed by atoms with Gasteiger partial charge in [-0.3, -0.25) is 19.7 Å². The van der Waals surface area contributed by atoms with E-state index < -0.39 is 10.8 Å². The SMILES string of the molecule is COc1cc(/C=N\NC(=O)c2ccc(NC(C)=O)cc2)c([N+](=O)[O-])cc1OCc1ccccc1. The summed E-state index contributed by atoms with van der Waals surface area (Å²) in [6, 6.07) is 18.2. The van der Waals surface area contributed by atoms with Crippen molar-refractivity contribution in [3.05, 3.63) is 93.5 Å². The van der Waals surface area contributed by atoms with Crippen molar-refractivity contribution in [1.82, 2.24) is 5.43 Å². The topological polar surface area (TPSA) is 132 Å². The van der Waals surface area contributed by atoms with Gasteiger partial charge in [0.2, 0.25) is 5.91 Å². The molecule has 0 atom stereocenters. The first-order chi connectivity index (χ1) is 16.4. The lowest BCUT2D eigenvalue weighted by Gasteiger charge is -2.12. The standard InChI is InChI=1S/C24H22N4O6/c1-16(29)26-20-10-8-18(9-11-20)24(30)27-25-14-19-12-22(33-2)23(13-21(19)28(31)32)34-15-17-6-4-3-5-7-17/h3-14H,15H2,1-2H3,(H,26,29)(H,27,30)/b25-14-. The van der Waals surface area contributed by atoms with E-state index in [2.05, 4.69) is 15.8 Å². The van der Waals surface area contributed by atoms with Crippen LogP contribution in [0.5, 0.6) is 11.5 Å². The van der Waals surface area contributed by atoms with Crippen molar-refractivity contribution in [1.29, 1.82) is 0 Å². The van der Waals surface area contributed by atoms with E-state index in [1.54, 1.807) is 12.1 Å². The average molecular weight is 462 g/mol. The number of methoxy groups -OCH3 is 1. The molecule has 174 valence electrons. The predicted octanol–water partition coefficient (Wildman–Crippen LogP) is 3.90. The Labute approximate surface area is 195 Å². The number of nitro benzene ring substituents is 1. The first-order valence-electron chi connectivity index (χ1n) is 10.1. The maximum absolute atomic E-state index is 12.3. The number of benzene rings is 3. The molecule has 3 rings (SSSR count). The van der Waals surface area contributed by atoms with Gasteiger partial charge in [0.1, 0.15) is 6.61 Å². The zero-order valence-electron chi connectivity index (χ0n) is 18.5. The van der Waals surface area contributed by atoms with Gasteiger partial charge < -0.3 is 14.8 Å². The Balaban J connectivity index is 1.74. The summed E-state index contributed by atoms with van der Waals surface area (Å²) in [4.78, 5) is 34.4. The molecule has 0 unspecified atom stereocenters. The summed E-state index contributed by atoms with van der Waals surface area (Å²) in [6.07, 6.45) is 1.16. The summed E-state index contributed by atoms with van der Waals surface area (Å²) in [5.41, 5.74) is 3.91. The number of hydrazone groups is 1. The van der Waals surface area contributed by atoms with E-state index in [1.807, 2.05) is 30.3 Å². The molecular weight excluding hydrogens is 440 g/mol. The molecule has 0 heterocycles. The summed E-state index contributed by atoms with van der Waals surface area (Å²) in [7, 11) is 1.42. The first-order valence-corrected chi connectivity index (χ1v) is 10.1. The van der Waals surface area contributed by atoms with Crippen molar-refractivity contribution in [2.45, 2.75) is 13.5 Å². The van der Waals surface area contributed by atoms with Gasteiger partial charge >= 0.3 is 0 Å². The van der Waals surface area contributed by atoms with Crippen LogP contribution < -0.4 is 20.2 Å². The van der Waals surface area contributed by atoms with Crippen LogP contribution in [0.15, 0.2) is 71.8 Å². The van der Waals surface area contributed by atoms with Gasteiger partial charge in [0.25, 0.3) is 11.6 Å². The lowest BCUT2D eigenvalue weighted by Crippen LogP contribution is -2.17. The highest BCUT2D eigenvalue weighted by Crippen LogP contribution is 2.34. The number of amides is 2. The molecule has 0 aliphatic carbocycles. The Hall–Kier alpha value is -4.73. The molecule has 0 aliphatic rings. The molecule has 34 heavy (non-hydrogen) atoms. The van der Waals surface area contributed by atoms with Crippen molar-refractivity contribution in [2.75, 3.05) is 12.4 Å². The van der Waals surface area contributed by atoms with Crippen molar-refractivity contribution >= 4 is 29.4 Å². The van der Waals surface area contributed by atoms with E-state index in [0.717, 1.165) is 11.8 Å². The highest BCUT2D eigenvalue weighted by Gasteiger charge is 2.19. The van der Waals surface area contributed by atoms with E-state index in [9.17, 15) is 19.7 Å². The van der Waals surface area contributed by atoms with Crippen molar-refractivity contribution in [2.24, 2.45) is 5.10 Å². The third-order valence-electron chi connectivity index (χ3n) is 4.58. The highest BCUT2D eigenvalue weighted by molar-refractivity contribution is 5.96. The fourth-order valence-corrected chi connectivity index (χ4v) is 2.97. The molecule has 0 spiro atoms. The van der Waals surface area contributed by atoms with Gasteiger partial charge in [-0.2, -0.15) is 5.10 Å². The number of carbonyl (C=O) groups is 2. The Kier molecular flexibility index (Phi) is 7.90. The molecule has 10 nitrogen and oxygen atoms in total. The molecule has 10 heteroatoms.